The number of hydrogen-bond donors (Lipinski definition) is 0. The number of nitrogens with zero attached hydrogens (tertiary/aromatic N) is 2. The highest BCUT2D eigenvalue weighted by Gasteiger charge is 2.31. The molecule has 0 aromatic heterocycles. The summed E-state index contributed by atoms with van der Waals surface area (Å²) in [6, 6.07) is 5.90. The first-order valence-electron chi connectivity index (χ1n) is 8.07. The van der Waals surface area contributed by atoms with E-state index in [0.717, 1.165) is 16.7 Å². The van der Waals surface area contributed by atoms with Gasteiger partial charge in [-0.15, -0.1) is 0 Å². The lowest BCUT2D eigenvalue weighted by Crippen LogP contribution is -2.48. The van der Waals surface area contributed by atoms with Crippen LogP contribution in [0, 0.1) is 13.8 Å². The molecule has 0 radical (unpaired) electrons. The van der Waals surface area contributed by atoms with E-state index in [-0.39, 0.29) is 11.9 Å². The van der Waals surface area contributed by atoms with Crippen LogP contribution in [-0.4, -0.2) is 55.5 Å². The average molecular weight is 338 g/mol. The van der Waals surface area contributed by atoms with Crippen LogP contribution in [0.25, 0.3) is 0 Å². The molecular weight excluding hydrogens is 312 g/mol. The van der Waals surface area contributed by atoms with Gasteiger partial charge in [0.2, 0.25) is 10.0 Å². The Hall–Kier alpha value is -1.40. The molecule has 128 valence electrons. The van der Waals surface area contributed by atoms with Crippen molar-refractivity contribution in [1.29, 1.82) is 0 Å². The van der Waals surface area contributed by atoms with Gasteiger partial charge in [-0.2, -0.15) is 4.31 Å². The fourth-order valence-corrected chi connectivity index (χ4v) is 4.48. The van der Waals surface area contributed by atoms with E-state index >= 15 is 0 Å². The molecule has 1 heterocycles. The van der Waals surface area contributed by atoms with Crippen molar-refractivity contribution in [3.63, 3.8) is 0 Å². The standard InChI is InChI=1S/C17H26N2O3S/c1-5-19(23(4,21)22)15-8-10-18(11-9-15)17(20)16-12-13(2)6-7-14(16)3/h6-7,12,15H,5,8-11H2,1-4H3. The fourth-order valence-electron chi connectivity index (χ4n) is 3.26. The lowest BCUT2D eigenvalue weighted by molar-refractivity contribution is 0.0680. The van der Waals surface area contributed by atoms with Gasteiger partial charge >= 0.3 is 0 Å². The molecule has 1 aromatic rings. The van der Waals surface area contributed by atoms with Gasteiger partial charge < -0.3 is 4.90 Å². The molecule has 1 aromatic carbocycles. The number of aryl methyl sites for hydroxylation is 2. The molecule has 0 spiro atoms. The minimum Gasteiger partial charge on any atom is -0.339 e. The maximum Gasteiger partial charge on any atom is 0.254 e. The summed E-state index contributed by atoms with van der Waals surface area (Å²) in [4.78, 5) is 14.6. The molecule has 0 unspecified atom stereocenters. The molecule has 0 bridgehead atoms. The topological polar surface area (TPSA) is 57.7 Å². The van der Waals surface area contributed by atoms with Crippen molar-refractivity contribution in [3.05, 3.63) is 34.9 Å². The SMILES string of the molecule is CCN(C1CCN(C(=O)c2cc(C)ccc2C)CC1)S(C)(=O)=O. The maximum atomic E-state index is 12.7. The predicted molar refractivity (Wildman–Crippen MR) is 92.1 cm³/mol. The van der Waals surface area contributed by atoms with Gasteiger partial charge in [-0.05, 0) is 38.3 Å². The number of carbonyl (C=O) groups excluding carboxylic acids is 1. The molecule has 1 aliphatic heterocycles. The van der Waals surface area contributed by atoms with Gasteiger partial charge in [-0.3, -0.25) is 4.79 Å². The van der Waals surface area contributed by atoms with E-state index in [1.54, 1.807) is 4.31 Å². The summed E-state index contributed by atoms with van der Waals surface area (Å²) in [6.45, 7) is 7.46. The molecule has 1 saturated heterocycles. The molecule has 0 saturated carbocycles. The Morgan fingerprint density at radius 2 is 1.87 bits per heavy atom. The van der Waals surface area contributed by atoms with Crippen LogP contribution in [-0.2, 0) is 10.0 Å². The highest BCUT2D eigenvalue weighted by atomic mass is 32.2. The van der Waals surface area contributed by atoms with Crippen LogP contribution < -0.4 is 0 Å². The number of piperidine rings is 1. The first-order valence-corrected chi connectivity index (χ1v) is 9.92. The summed E-state index contributed by atoms with van der Waals surface area (Å²) < 4.78 is 25.2. The Morgan fingerprint density at radius 1 is 1.26 bits per heavy atom. The van der Waals surface area contributed by atoms with Crippen LogP contribution in [0.3, 0.4) is 0 Å². The fraction of sp³-hybridized carbons (Fsp3) is 0.588. The molecule has 2 rings (SSSR count). The normalized spacial score (nSPS) is 16.8. The number of rotatable bonds is 4. The Kier molecular flexibility index (Phi) is 5.47. The Balaban J connectivity index is 2.07. The third-order valence-electron chi connectivity index (χ3n) is 4.52. The molecule has 23 heavy (non-hydrogen) atoms. The zero-order chi connectivity index (χ0) is 17.2. The van der Waals surface area contributed by atoms with E-state index in [2.05, 4.69) is 0 Å². The summed E-state index contributed by atoms with van der Waals surface area (Å²) >= 11 is 0. The van der Waals surface area contributed by atoms with Crippen molar-refractivity contribution in [2.75, 3.05) is 25.9 Å². The Labute approximate surface area is 139 Å². The first-order chi connectivity index (χ1) is 10.7. The number of carbonyl (C=O) groups is 1. The van der Waals surface area contributed by atoms with Gasteiger partial charge in [0, 0.05) is 31.2 Å². The molecule has 0 N–H and O–H groups in total. The molecule has 1 amide bonds. The number of benzene rings is 1. The quantitative estimate of drug-likeness (QED) is 0.845. The van der Waals surface area contributed by atoms with Crippen LogP contribution in [0.4, 0.5) is 0 Å². The summed E-state index contributed by atoms with van der Waals surface area (Å²) in [7, 11) is -3.19. The van der Waals surface area contributed by atoms with Crippen molar-refractivity contribution in [2.45, 2.75) is 39.7 Å². The van der Waals surface area contributed by atoms with Crippen molar-refractivity contribution in [3.8, 4) is 0 Å². The highest BCUT2D eigenvalue weighted by Crippen LogP contribution is 2.21. The van der Waals surface area contributed by atoms with Gasteiger partial charge in [0.15, 0.2) is 0 Å². The van der Waals surface area contributed by atoms with Gasteiger partial charge in [-0.25, -0.2) is 8.42 Å². The highest BCUT2D eigenvalue weighted by molar-refractivity contribution is 7.88. The third-order valence-corrected chi connectivity index (χ3v) is 5.93. The zero-order valence-electron chi connectivity index (χ0n) is 14.4. The van der Waals surface area contributed by atoms with E-state index in [0.29, 0.717) is 32.5 Å². The zero-order valence-corrected chi connectivity index (χ0v) is 15.2. The summed E-state index contributed by atoms with van der Waals surface area (Å²) in [5.41, 5.74) is 2.80. The van der Waals surface area contributed by atoms with Gasteiger partial charge in [0.25, 0.3) is 5.91 Å². The van der Waals surface area contributed by atoms with Gasteiger partial charge in [-0.1, -0.05) is 24.6 Å². The van der Waals surface area contributed by atoms with Crippen LogP contribution in [0.15, 0.2) is 18.2 Å². The smallest absolute Gasteiger partial charge is 0.254 e. The summed E-state index contributed by atoms with van der Waals surface area (Å²) in [5.74, 6) is 0.0482. The van der Waals surface area contributed by atoms with E-state index < -0.39 is 10.0 Å². The molecular formula is C17H26N2O3S. The van der Waals surface area contributed by atoms with E-state index in [1.807, 2.05) is 43.9 Å². The lowest BCUT2D eigenvalue weighted by atomic mass is 10.0. The van der Waals surface area contributed by atoms with Gasteiger partial charge in [0.05, 0.1) is 6.26 Å². The van der Waals surface area contributed by atoms with Crippen LogP contribution >= 0.6 is 0 Å². The minimum absolute atomic E-state index is 0.00217. The van der Waals surface area contributed by atoms with Crippen molar-refractivity contribution >= 4 is 15.9 Å². The first kappa shape index (κ1) is 17.9. The van der Waals surface area contributed by atoms with E-state index in [1.165, 1.54) is 6.26 Å². The Morgan fingerprint density at radius 3 is 2.39 bits per heavy atom. The lowest BCUT2D eigenvalue weighted by Gasteiger charge is -2.37. The second-order valence-corrected chi connectivity index (χ2v) is 8.24. The second-order valence-electron chi connectivity index (χ2n) is 6.31. The van der Waals surface area contributed by atoms with Gasteiger partial charge in [0.1, 0.15) is 0 Å². The molecule has 5 nitrogen and oxygen atoms in total. The van der Waals surface area contributed by atoms with Crippen molar-refractivity contribution in [2.24, 2.45) is 0 Å². The number of sulfonamides is 1. The van der Waals surface area contributed by atoms with Crippen molar-refractivity contribution < 1.29 is 13.2 Å². The molecule has 1 aliphatic rings. The third kappa shape index (κ3) is 4.12. The number of likely N-dealkylation sites (tertiary alicyclic amines) is 1. The molecule has 0 aliphatic carbocycles. The summed E-state index contributed by atoms with van der Waals surface area (Å²) in [6.07, 6.45) is 2.64. The monoisotopic (exact) mass is 338 g/mol. The largest absolute Gasteiger partial charge is 0.339 e. The average Bonchev–Trinajstić information content (AvgIpc) is 2.49. The molecule has 1 fully saturated rings. The Bertz CT molecular complexity index is 677. The molecule has 6 heteroatoms. The van der Waals surface area contributed by atoms with Crippen LogP contribution in [0.1, 0.15) is 41.3 Å². The second kappa shape index (κ2) is 7.01. The minimum atomic E-state index is -3.19. The van der Waals surface area contributed by atoms with Crippen LogP contribution in [0.5, 0.6) is 0 Å². The summed E-state index contributed by atoms with van der Waals surface area (Å²) in [5, 5.41) is 0. The number of amides is 1. The van der Waals surface area contributed by atoms with Crippen LogP contribution in [0.2, 0.25) is 0 Å². The van der Waals surface area contributed by atoms with Crippen molar-refractivity contribution in [1.82, 2.24) is 9.21 Å². The van der Waals surface area contributed by atoms with E-state index in [9.17, 15) is 13.2 Å². The number of hydrogen-bond acceptors (Lipinski definition) is 3. The van der Waals surface area contributed by atoms with E-state index in [4.69, 9.17) is 0 Å². The maximum absolute atomic E-state index is 12.7. The predicted octanol–water partition coefficient (Wildman–Crippen LogP) is 2.19. The molecule has 0 atom stereocenters.